The number of aryl methyl sites for hydroxylation is 1. The molecule has 4 aromatic rings. The molecular weight excluding hydrogens is 418 g/mol. The first kappa shape index (κ1) is 19.7. The predicted molar refractivity (Wildman–Crippen MR) is 124 cm³/mol. The summed E-state index contributed by atoms with van der Waals surface area (Å²) in [5.41, 5.74) is 3.65. The van der Waals surface area contributed by atoms with Crippen LogP contribution in [0.25, 0.3) is 22.1 Å². The molecule has 1 saturated carbocycles. The minimum absolute atomic E-state index is 0.0127. The maximum absolute atomic E-state index is 13.5. The van der Waals surface area contributed by atoms with Crippen molar-refractivity contribution in [3.63, 3.8) is 0 Å². The number of fused-ring (bicyclic) bond motifs is 2. The molecule has 8 heteroatoms. The predicted octanol–water partition coefficient (Wildman–Crippen LogP) is 4.51. The van der Waals surface area contributed by atoms with Gasteiger partial charge in [-0.25, -0.2) is 9.78 Å². The lowest BCUT2D eigenvalue weighted by Gasteiger charge is -2.11. The van der Waals surface area contributed by atoms with E-state index in [0.717, 1.165) is 59.5 Å². The van der Waals surface area contributed by atoms with Gasteiger partial charge in [-0.2, -0.15) is 11.8 Å². The van der Waals surface area contributed by atoms with E-state index < -0.39 is 0 Å². The quantitative estimate of drug-likeness (QED) is 0.396. The molecule has 0 unspecified atom stereocenters. The molecule has 1 fully saturated rings. The molecule has 156 valence electrons. The Morgan fingerprint density at radius 1 is 1.17 bits per heavy atom. The summed E-state index contributed by atoms with van der Waals surface area (Å²) in [6.45, 7) is 3.42. The standard InChI is InChI=1S/C22H24ClN5OS/c1-22(7-8-22)28-18-6-9-24-13-19(18)27(21(28)29)14-20-25-16-12-15(23)4-5-17(16)26(20)10-3-11-30-2/h4-6,9,12-13H,3,7-8,10-11,14H2,1-2H3. The van der Waals surface area contributed by atoms with Crippen LogP contribution in [-0.4, -0.2) is 35.7 Å². The molecule has 0 bridgehead atoms. The number of halogens is 1. The van der Waals surface area contributed by atoms with E-state index in [4.69, 9.17) is 16.6 Å². The maximum atomic E-state index is 13.5. The van der Waals surface area contributed by atoms with Gasteiger partial charge in [0.2, 0.25) is 0 Å². The number of benzene rings is 1. The van der Waals surface area contributed by atoms with Crippen molar-refractivity contribution in [3.05, 3.63) is 58.0 Å². The van der Waals surface area contributed by atoms with Crippen molar-refractivity contribution in [1.82, 2.24) is 23.7 Å². The van der Waals surface area contributed by atoms with Gasteiger partial charge in [0.05, 0.1) is 34.8 Å². The minimum Gasteiger partial charge on any atom is -0.326 e. The van der Waals surface area contributed by atoms with Gasteiger partial charge in [0.25, 0.3) is 0 Å². The highest BCUT2D eigenvalue weighted by molar-refractivity contribution is 7.98. The molecule has 0 aliphatic heterocycles. The Hall–Kier alpha value is -2.25. The highest BCUT2D eigenvalue weighted by Gasteiger charge is 2.42. The summed E-state index contributed by atoms with van der Waals surface area (Å²) in [6.07, 6.45) is 8.76. The van der Waals surface area contributed by atoms with E-state index in [1.54, 1.807) is 12.4 Å². The molecule has 3 heterocycles. The third-order valence-electron chi connectivity index (χ3n) is 6.06. The van der Waals surface area contributed by atoms with E-state index in [1.165, 1.54) is 0 Å². The van der Waals surface area contributed by atoms with Crippen LogP contribution in [0, 0.1) is 0 Å². The molecule has 0 amide bonds. The van der Waals surface area contributed by atoms with Crippen molar-refractivity contribution in [3.8, 4) is 0 Å². The SMILES string of the molecule is CSCCCn1c(Cn2c(=O)n(C3(C)CC3)c3ccncc32)nc2cc(Cl)ccc21. The molecule has 0 atom stereocenters. The Kier molecular flexibility index (Phi) is 4.90. The monoisotopic (exact) mass is 441 g/mol. The summed E-state index contributed by atoms with van der Waals surface area (Å²) in [5.74, 6) is 1.95. The average Bonchev–Trinajstić information content (AvgIpc) is 3.28. The lowest BCUT2D eigenvalue weighted by molar-refractivity contribution is 0.512. The number of hydrogen-bond acceptors (Lipinski definition) is 4. The molecule has 0 spiro atoms. The zero-order valence-corrected chi connectivity index (χ0v) is 18.7. The molecule has 6 nitrogen and oxygen atoms in total. The summed E-state index contributed by atoms with van der Waals surface area (Å²) < 4.78 is 5.99. The molecule has 30 heavy (non-hydrogen) atoms. The van der Waals surface area contributed by atoms with E-state index in [2.05, 4.69) is 22.7 Å². The van der Waals surface area contributed by atoms with Gasteiger partial charge in [-0.1, -0.05) is 11.6 Å². The Morgan fingerprint density at radius 3 is 2.77 bits per heavy atom. The van der Waals surface area contributed by atoms with Crippen LogP contribution in [-0.2, 0) is 18.6 Å². The molecule has 0 saturated heterocycles. The summed E-state index contributed by atoms with van der Waals surface area (Å²) in [6, 6.07) is 7.75. The number of thioether (sulfide) groups is 1. The zero-order valence-electron chi connectivity index (χ0n) is 17.1. The van der Waals surface area contributed by atoms with E-state index in [1.807, 2.05) is 45.2 Å². The summed E-state index contributed by atoms with van der Waals surface area (Å²) >= 11 is 8.05. The maximum Gasteiger partial charge on any atom is 0.330 e. The molecule has 3 aromatic heterocycles. The second-order valence-electron chi connectivity index (χ2n) is 8.22. The molecule has 1 aromatic carbocycles. The average molecular weight is 442 g/mol. The fourth-order valence-electron chi connectivity index (χ4n) is 4.21. The summed E-state index contributed by atoms with van der Waals surface area (Å²) in [4.78, 5) is 22.6. The van der Waals surface area contributed by atoms with Gasteiger partial charge in [0.1, 0.15) is 5.82 Å². The minimum atomic E-state index is -0.0893. The van der Waals surface area contributed by atoms with Crippen LogP contribution in [0.3, 0.4) is 0 Å². The van der Waals surface area contributed by atoms with Crippen molar-refractivity contribution in [1.29, 1.82) is 0 Å². The van der Waals surface area contributed by atoms with E-state index >= 15 is 0 Å². The second-order valence-corrected chi connectivity index (χ2v) is 9.65. The van der Waals surface area contributed by atoms with Crippen LogP contribution < -0.4 is 5.69 Å². The van der Waals surface area contributed by atoms with Gasteiger partial charge in [0, 0.05) is 23.3 Å². The third kappa shape index (κ3) is 3.24. The topological polar surface area (TPSA) is 57.6 Å². The van der Waals surface area contributed by atoms with Crippen LogP contribution in [0.15, 0.2) is 41.5 Å². The Labute approximate surface area is 183 Å². The fraction of sp³-hybridized carbons (Fsp3) is 0.409. The highest BCUT2D eigenvalue weighted by atomic mass is 35.5. The lowest BCUT2D eigenvalue weighted by atomic mass is 10.3. The normalized spacial score (nSPS) is 15.3. The number of hydrogen-bond donors (Lipinski definition) is 0. The van der Waals surface area contributed by atoms with Crippen molar-refractivity contribution < 1.29 is 0 Å². The first-order chi connectivity index (χ1) is 14.5. The summed E-state index contributed by atoms with van der Waals surface area (Å²) in [5, 5.41) is 0.669. The van der Waals surface area contributed by atoms with Crippen molar-refractivity contribution in [2.24, 2.45) is 0 Å². The number of pyridine rings is 1. The van der Waals surface area contributed by atoms with Crippen LogP contribution >= 0.6 is 23.4 Å². The number of imidazole rings is 2. The summed E-state index contributed by atoms with van der Waals surface area (Å²) in [7, 11) is 0. The fourth-order valence-corrected chi connectivity index (χ4v) is 4.80. The Bertz CT molecular complexity index is 1300. The van der Waals surface area contributed by atoms with Crippen LogP contribution in [0.4, 0.5) is 0 Å². The van der Waals surface area contributed by atoms with Gasteiger partial charge in [-0.05, 0) is 62.5 Å². The number of rotatable bonds is 7. The van der Waals surface area contributed by atoms with Crippen molar-refractivity contribution in [2.75, 3.05) is 12.0 Å². The van der Waals surface area contributed by atoms with E-state index in [9.17, 15) is 4.79 Å². The largest absolute Gasteiger partial charge is 0.330 e. The second kappa shape index (κ2) is 7.46. The van der Waals surface area contributed by atoms with Crippen LogP contribution in [0.1, 0.15) is 32.0 Å². The van der Waals surface area contributed by atoms with Crippen LogP contribution in [0.2, 0.25) is 5.02 Å². The van der Waals surface area contributed by atoms with Crippen LogP contribution in [0.5, 0.6) is 0 Å². The van der Waals surface area contributed by atoms with Crippen molar-refractivity contribution >= 4 is 45.4 Å². The first-order valence-corrected chi connectivity index (χ1v) is 12.0. The highest BCUT2D eigenvalue weighted by Crippen LogP contribution is 2.43. The van der Waals surface area contributed by atoms with Gasteiger partial charge in [-0.3, -0.25) is 14.1 Å². The Morgan fingerprint density at radius 2 is 2.00 bits per heavy atom. The van der Waals surface area contributed by atoms with Gasteiger partial charge in [0.15, 0.2) is 0 Å². The van der Waals surface area contributed by atoms with Gasteiger partial charge < -0.3 is 4.57 Å². The molecule has 0 N–H and O–H groups in total. The van der Waals surface area contributed by atoms with Crippen molar-refractivity contribution in [2.45, 2.75) is 44.8 Å². The number of nitrogens with zero attached hydrogens (tertiary/aromatic N) is 5. The Balaban J connectivity index is 1.64. The van der Waals surface area contributed by atoms with E-state index in [0.29, 0.717) is 11.6 Å². The smallest absolute Gasteiger partial charge is 0.326 e. The third-order valence-corrected chi connectivity index (χ3v) is 7.00. The first-order valence-electron chi connectivity index (χ1n) is 10.2. The number of aromatic nitrogens is 5. The zero-order chi connectivity index (χ0) is 20.9. The van der Waals surface area contributed by atoms with E-state index in [-0.39, 0.29) is 11.2 Å². The molecule has 0 radical (unpaired) electrons. The van der Waals surface area contributed by atoms with Gasteiger partial charge in [-0.15, -0.1) is 0 Å². The lowest BCUT2D eigenvalue weighted by Crippen LogP contribution is -2.31. The molecule has 1 aliphatic carbocycles. The molecular formula is C22H24ClN5OS. The molecule has 1 aliphatic rings. The van der Waals surface area contributed by atoms with Gasteiger partial charge >= 0.3 is 5.69 Å². The molecule has 5 rings (SSSR count).